The molecule has 0 bridgehead atoms. The zero-order valence-corrected chi connectivity index (χ0v) is 16.0. The Morgan fingerprint density at radius 2 is 1.57 bits per heavy atom. The second kappa shape index (κ2) is 4.09. The van der Waals surface area contributed by atoms with E-state index in [2.05, 4.69) is 62.3 Å². The van der Waals surface area contributed by atoms with E-state index < -0.39 is 0 Å². The van der Waals surface area contributed by atoms with Gasteiger partial charge in [0.1, 0.15) is 0 Å². The van der Waals surface area contributed by atoms with E-state index in [4.69, 9.17) is 0 Å². The van der Waals surface area contributed by atoms with Crippen LogP contribution in [0.1, 0.15) is 81.6 Å². The lowest BCUT2D eigenvalue weighted by molar-refractivity contribution is -0.279. The first-order valence-electron chi connectivity index (χ1n) is 9.39. The molecule has 0 nitrogen and oxygen atoms in total. The Bertz CT molecular complexity index is 447. The van der Waals surface area contributed by atoms with Gasteiger partial charge in [-0.2, -0.15) is 0 Å². The Labute approximate surface area is 133 Å². The van der Waals surface area contributed by atoms with Crippen molar-refractivity contribution in [1.82, 2.24) is 0 Å². The largest absolute Gasteiger partial charge is 0.0623 e. The van der Waals surface area contributed by atoms with Crippen molar-refractivity contribution >= 4 is 0 Å². The maximum Gasteiger partial charge on any atom is -0.0230 e. The lowest BCUT2D eigenvalue weighted by Gasteiger charge is -2.76. The minimum Gasteiger partial charge on any atom is -0.0623 e. The average Bonchev–Trinajstić information content (AvgIpc) is 2.48. The van der Waals surface area contributed by atoms with Crippen LogP contribution < -0.4 is 0 Å². The van der Waals surface area contributed by atoms with E-state index in [0.29, 0.717) is 21.7 Å². The fraction of sp³-hybridized carbons (Fsp3) is 1.00. The summed E-state index contributed by atoms with van der Waals surface area (Å²) in [6.07, 6.45) is 4.37. The maximum absolute atomic E-state index is 2.64. The van der Waals surface area contributed by atoms with E-state index in [1.54, 1.807) is 0 Å². The molecule has 3 saturated carbocycles. The zero-order valence-electron chi connectivity index (χ0n) is 16.0. The standard InChI is InChI=1S/C21H38/c1-13(2)18(5,6)11-19(7)12-21(9)17(15(19)4)16-14(3)10-20(16,21)8/h13-17H,10-12H2,1-9H3. The van der Waals surface area contributed by atoms with Gasteiger partial charge in [0.25, 0.3) is 0 Å². The summed E-state index contributed by atoms with van der Waals surface area (Å²) in [6, 6.07) is 0. The van der Waals surface area contributed by atoms with E-state index in [9.17, 15) is 0 Å². The lowest BCUT2D eigenvalue weighted by Crippen LogP contribution is -2.70. The van der Waals surface area contributed by atoms with E-state index >= 15 is 0 Å². The number of rotatable bonds is 3. The molecule has 0 aromatic carbocycles. The highest BCUT2D eigenvalue weighted by Gasteiger charge is 2.78. The minimum atomic E-state index is 0.467. The van der Waals surface area contributed by atoms with Crippen LogP contribution in [0.3, 0.4) is 0 Å². The fourth-order valence-corrected chi connectivity index (χ4v) is 7.53. The average molecular weight is 291 g/mol. The van der Waals surface area contributed by atoms with Crippen molar-refractivity contribution in [2.75, 3.05) is 0 Å². The zero-order chi connectivity index (χ0) is 16.0. The van der Waals surface area contributed by atoms with Crippen LogP contribution in [0.5, 0.6) is 0 Å². The van der Waals surface area contributed by atoms with Gasteiger partial charge < -0.3 is 0 Å². The van der Waals surface area contributed by atoms with Gasteiger partial charge in [-0.1, -0.05) is 62.3 Å². The van der Waals surface area contributed by atoms with Gasteiger partial charge in [-0.25, -0.2) is 0 Å². The highest BCUT2D eigenvalue weighted by atomic mass is 14.8. The number of fused-ring (bicyclic) bond motifs is 4. The van der Waals surface area contributed by atoms with E-state index in [0.717, 1.165) is 29.6 Å². The molecule has 7 unspecified atom stereocenters. The molecule has 0 heteroatoms. The third-order valence-electron chi connectivity index (χ3n) is 9.35. The molecule has 0 spiro atoms. The molecule has 122 valence electrons. The fourth-order valence-electron chi connectivity index (χ4n) is 7.53. The Balaban J connectivity index is 1.88. The van der Waals surface area contributed by atoms with Crippen LogP contribution in [-0.4, -0.2) is 0 Å². The monoisotopic (exact) mass is 290 g/mol. The van der Waals surface area contributed by atoms with Gasteiger partial charge in [0.15, 0.2) is 0 Å². The summed E-state index contributed by atoms with van der Waals surface area (Å²) in [5.41, 5.74) is 2.32. The first kappa shape index (κ1) is 15.9. The summed E-state index contributed by atoms with van der Waals surface area (Å²) in [7, 11) is 0. The first-order chi connectivity index (χ1) is 9.39. The molecule has 0 amide bonds. The van der Waals surface area contributed by atoms with E-state index in [1.165, 1.54) is 19.3 Å². The highest BCUT2D eigenvalue weighted by molar-refractivity contribution is 5.26. The quantitative estimate of drug-likeness (QED) is 0.564. The van der Waals surface area contributed by atoms with Crippen molar-refractivity contribution in [3.8, 4) is 0 Å². The van der Waals surface area contributed by atoms with Gasteiger partial charge in [-0.15, -0.1) is 0 Å². The molecular weight excluding hydrogens is 252 g/mol. The van der Waals surface area contributed by atoms with Gasteiger partial charge in [0.05, 0.1) is 0 Å². The van der Waals surface area contributed by atoms with Crippen LogP contribution in [0.2, 0.25) is 0 Å². The molecule has 3 aliphatic rings. The molecule has 0 saturated heterocycles. The van der Waals surface area contributed by atoms with Gasteiger partial charge >= 0.3 is 0 Å². The van der Waals surface area contributed by atoms with E-state index in [-0.39, 0.29) is 0 Å². The van der Waals surface area contributed by atoms with Crippen molar-refractivity contribution < 1.29 is 0 Å². The summed E-state index contributed by atoms with van der Waals surface area (Å²) < 4.78 is 0. The molecular formula is C21H38. The van der Waals surface area contributed by atoms with Crippen LogP contribution in [-0.2, 0) is 0 Å². The second-order valence-electron chi connectivity index (χ2n) is 11.0. The molecule has 0 aromatic rings. The summed E-state index contributed by atoms with van der Waals surface area (Å²) in [6.45, 7) is 22.8. The third-order valence-corrected chi connectivity index (χ3v) is 9.35. The number of hydrogen-bond acceptors (Lipinski definition) is 0. The molecule has 0 N–H and O–H groups in total. The van der Waals surface area contributed by atoms with Gasteiger partial charge in [0, 0.05) is 0 Å². The normalized spacial score (nSPS) is 55.7. The topological polar surface area (TPSA) is 0 Å². The van der Waals surface area contributed by atoms with Crippen molar-refractivity contribution in [2.45, 2.75) is 81.6 Å². The Morgan fingerprint density at radius 1 is 1.00 bits per heavy atom. The smallest absolute Gasteiger partial charge is 0.0230 e. The van der Waals surface area contributed by atoms with Gasteiger partial charge in [0.2, 0.25) is 0 Å². The summed E-state index contributed by atoms with van der Waals surface area (Å²) in [4.78, 5) is 0. The molecule has 0 heterocycles. The molecule has 3 aliphatic carbocycles. The highest BCUT2D eigenvalue weighted by Crippen LogP contribution is 2.84. The summed E-state index contributed by atoms with van der Waals surface area (Å²) >= 11 is 0. The van der Waals surface area contributed by atoms with Gasteiger partial charge in [-0.05, 0) is 70.5 Å². The number of hydrogen-bond donors (Lipinski definition) is 0. The predicted octanol–water partition coefficient (Wildman–Crippen LogP) is 6.40. The predicted molar refractivity (Wildman–Crippen MR) is 92.1 cm³/mol. The summed E-state index contributed by atoms with van der Waals surface area (Å²) in [5.74, 6) is 4.69. The van der Waals surface area contributed by atoms with Crippen molar-refractivity contribution in [3.05, 3.63) is 0 Å². The van der Waals surface area contributed by atoms with Crippen LogP contribution in [0.4, 0.5) is 0 Å². The SMILES string of the molecule is CC1CC2(C)C1C1C(C)C(C)(CC(C)(C)C(C)C)CC12C. The molecule has 0 aromatic heterocycles. The molecule has 7 atom stereocenters. The summed E-state index contributed by atoms with van der Waals surface area (Å²) in [5, 5.41) is 0. The van der Waals surface area contributed by atoms with Crippen molar-refractivity contribution in [3.63, 3.8) is 0 Å². The second-order valence-corrected chi connectivity index (χ2v) is 11.0. The molecule has 21 heavy (non-hydrogen) atoms. The minimum absolute atomic E-state index is 0.467. The van der Waals surface area contributed by atoms with Gasteiger partial charge in [-0.3, -0.25) is 0 Å². The molecule has 0 radical (unpaired) electrons. The van der Waals surface area contributed by atoms with E-state index in [1.807, 2.05) is 0 Å². The third kappa shape index (κ3) is 1.69. The first-order valence-corrected chi connectivity index (χ1v) is 9.39. The molecule has 0 aliphatic heterocycles. The van der Waals surface area contributed by atoms with Crippen molar-refractivity contribution in [2.24, 2.45) is 51.2 Å². The van der Waals surface area contributed by atoms with Crippen LogP contribution in [0, 0.1) is 51.2 Å². The molecule has 3 rings (SSSR count). The van der Waals surface area contributed by atoms with Crippen LogP contribution in [0.25, 0.3) is 0 Å². The van der Waals surface area contributed by atoms with Crippen molar-refractivity contribution in [1.29, 1.82) is 0 Å². The molecule has 3 fully saturated rings. The van der Waals surface area contributed by atoms with Crippen LogP contribution >= 0.6 is 0 Å². The maximum atomic E-state index is 2.64. The Kier molecular flexibility index (Phi) is 3.09. The van der Waals surface area contributed by atoms with Crippen LogP contribution in [0.15, 0.2) is 0 Å². The lowest BCUT2D eigenvalue weighted by atomic mass is 9.29. The Hall–Kier alpha value is 0. The Morgan fingerprint density at radius 3 is 2.05 bits per heavy atom.